The molecule has 0 saturated heterocycles. The van der Waals surface area contributed by atoms with E-state index in [1.54, 1.807) is 0 Å². The summed E-state index contributed by atoms with van der Waals surface area (Å²) in [5.74, 6) is 1.39. The monoisotopic (exact) mass is 594 g/mol. The number of nitrogens with zero attached hydrogens (tertiary/aromatic N) is 2. The number of rotatable bonds is 2. The standard InChI is InChI=1S/C18H19NO.C17H16BrNO/c1-10-6-8-15(9-7-10)18-19-16-13(4)11(2)12(3)14(5)17(16)20-18;1-9-10(2)12(4)16-15(11(9)3)19-17(20-16)13-5-7-14(18)8-6-13/h6-9H,1-5H3;5-8H,1-4H3. The zero-order valence-electron chi connectivity index (χ0n) is 24.7. The third-order valence-electron chi connectivity index (χ3n) is 8.41. The van der Waals surface area contributed by atoms with Crippen molar-refractivity contribution in [3.05, 3.63) is 103 Å². The third-order valence-corrected chi connectivity index (χ3v) is 8.94. The average Bonchev–Trinajstić information content (AvgIpc) is 3.60. The molecule has 4 aromatic carbocycles. The van der Waals surface area contributed by atoms with Crippen LogP contribution in [0.3, 0.4) is 0 Å². The summed E-state index contributed by atoms with van der Waals surface area (Å²) in [5, 5.41) is 0. The molecule has 2 aromatic heterocycles. The van der Waals surface area contributed by atoms with Gasteiger partial charge in [0.25, 0.3) is 0 Å². The molecule has 5 heteroatoms. The Morgan fingerprint density at radius 2 is 0.800 bits per heavy atom. The van der Waals surface area contributed by atoms with Crippen molar-refractivity contribution < 1.29 is 8.83 Å². The first-order valence-corrected chi connectivity index (χ1v) is 14.3. The van der Waals surface area contributed by atoms with Gasteiger partial charge in [0.2, 0.25) is 11.8 Å². The summed E-state index contributed by atoms with van der Waals surface area (Å²) < 4.78 is 13.1. The van der Waals surface area contributed by atoms with E-state index in [-0.39, 0.29) is 0 Å². The second-order valence-electron chi connectivity index (χ2n) is 10.8. The van der Waals surface area contributed by atoms with Crippen molar-refractivity contribution in [2.45, 2.75) is 62.3 Å². The van der Waals surface area contributed by atoms with Crippen LogP contribution in [-0.2, 0) is 0 Å². The first kappa shape index (κ1) is 27.9. The maximum absolute atomic E-state index is 6.03. The number of aryl methyl sites for hydroxylation is 5. The minimum Gasteiger partial charge on any atom is -0.436 e. The van der Waals surface area contributed by atoms with E-state index in [4.69, 9.17) is 18.8 Å². The Morgan fingerprint density at radius 3 is 1.20 bits per heavy atom. The molecule has 0 saturated carbocycles. The van der Waals surface area contributed by atoms with Crippen LogP contribution in [-0.4, -0.2) is 9.97 Å². The maximum Gasteiger partial charge on any atom is 0.227 e. The highest BCUT2D eigenvalue weighted by atomic mass is 79.9. The van der Waals surface area contributed by atoms with E-state index < -0.39 is 0 Å². The van der Waals surface area contributed by atoms with Crippen LogP contribution < -0.4 is 0 Å². The number of fused-ring (bicyclic) bond motifs is 2. The van der Waals surface area contributed by atoms with Crippen LogP contribution >= 0.6 is 15.9 Å². The normalized spacial score (nSPS) is 11.2. The van der Waals surface area contributed by atoms with Gasteiger partial charge in [-0.15, -0.1) is 0 Å². The molecule has 4 nitrogen and oxygen atoms in total. The Kier molecular flexibility index (Phi) is 7.45. The van der Waals surface area contributed by atoms with Gasteiger partial charge in [0.1, 0.15) is 11.0 Å². The smallest absolute Gasteiger partial charge is 0.227 e. The summed E-state index contributed by atoms with van der Waals surface area (Å²) in [7, 11) is 0. The minimum absolute atomic E-state index is 0.684. The number of aromatic nitrogens is 2. The Labute approximate surface area is 244 Å². The lowest BCUT2D eigenvalue weighted by Gasteiger charge is -2.07. The molecule has 6 rings (SSSR count). The van der Waals surface area contributed by atoms with E-state index in [0.717, 1.165) is 37.8 Å². The van der Waals surface area contributed by atoms with E-state index in [1.165, 1.54) is 50.1 Å². The molecule has 0 fully saturated rings. The van der Waals surface area contributed by atoms with Crippen molar-refractivity contribution in [2.24, 2.45) is 0 Å². The molecule has 0 aliphatic carbocycles. The topological polar surface area (TPSA) is 52.1 Å². The molecule has 40 heavy (non-hydrogen) atoms. The maximum atomic E-state index is 6.03. The molecule has 0 atom stereocenters. The molecular formula is C35H35BrN2O2. The lowest BCUT2D eigenvalue weighted by atomic mass is 9.98. The summed E-state index contributed by atoms with van der Waals surface area (Å²) >= 11 is 3.44. The molecular weight excluding hydrogens is 560 g/mol. The van der Waals surface area contributed by atoms with Crippen LogP contribution in [0, 0.1) is 62.3 Å². The van der Waals surface area contributed by atoms with Crippen LogP contribution in [0.5, 0.6) is 0 Å². The quantitative estimate of drug-likeness (QED) is 0.200. The summed E-state index contributed by atoms with van der Waals surface area (Å²) in [6.45, 7) is 19.1. The summed E-state index contributed by atoms with van der Waals surface area (Å²) in [6.07, 6.45) is 0. The van der Waals surface area contributed by atoms with Gasteiger partial charge in [0.05, 0.1) is 0 Å². The van der Waals surface area contributed by atoms with Crippen molar-refractivity contribution in [3.8, 4) is 22.9 Å². The SMILES string of the molecule is Cc1c(C)c(C)c2oc(-c3ccc(Br)cc3)nc2c1C.Cc1ccc(-c2nc3c(C)c(C)c(C)c(C)c3o2)cc1. The van der Waals surface area contributed by atoms with Crippen LogP contribution in [0.4, 0.5) is 0 Å². The van der Waals surface area contributed by atoms with Crippen molar-refractivity contribution in [1.29, 1.82) is 0 Å². The van der Waals surface area contributed by atoms with Gasteiger partial charge in [-0.3, -0.25) is 0 Å². The lowest BCUT2D eigenvalue weighted by Crippen LogP contribution is -1.92. The summed E-state index contributed by atoms with van der Waals surface area (Å²) in [6, 6.07) is 16.3. The van der Waals surface area contributed by atoms with Gasteiger partial charge in [-0.25, -0.2) is 9.97 Å². The third kappa shape index (κ3) is 4.88. The molecule has 0 radical (unpaired) electrons. The van der Waals surface area contributed by atoms with Crippen LogP contribution in [0.1, 0.15) is 50.1 Å². The highest BCUT2D eigenvalue weighted by Crippen LogP contribution is 2.34. The zero-order chi connectivity index (χ0) is 28.9. The molecule has 6 aromatic rings. The van der Waals surface area contributed by atoms with Crippen LogP contribution in [0.15, 0.2) is 61.8 Å². The largest absolute Gasteiger partial charge is 0.436 e. The molecule has 204 valence electrons. The van der Waals surface area contributed by atoms with Gasteiger partial charge in [-0.2, -0.15) is 0 Å². The molecule has 2 heterocycles. The van der Waals surface area contributed by atoms with E-state index in [1.807, 2.05) is 24.3 Å². The highest BCUT2D eigenvalue weighted by Gasteiger charge is 2.17. The fourth-order valence-electron chi connectivity index (χ4n) is 5.01. The fraction of sp³-hybridized carbons (Fsp3) is 0.257. The van der Waals surface area contributed by atoms with E-state index in [2.05, 4.69) is 103 Å². The first-order chi connectivity index (χ1) is 19.0. The van der Waals surface area contributed by atoms with Gasteiger partial charge in [0, 0.05) is 15.6 Å². The highest BCUT2D eigenvalue weighted by molar-refractivity contribution is 9.10. The molecule has 0 amide bonds. The number of hydrogen-bond acceptors (Lipinski definition) is 4. The van der Waals surface area contributed by atoms with E-state index in [9.17, 15) is 0 Å². The Bertz CT molecular complexity index is 1650. The predicted molar refractivity (Wildman–Crippen MR) is 169 cm³/mol. The molecule has 0 spiro atoms. The Hall–Kier alpha value is -3.70. The van der Waals surface area contributed by atoms with Crippen molar-refractivity contribution in [2.75, 3.05) is 0 Å². The molecule has 0 N–H and O–H groups in total. The van der Waals surface area contributed by atoms with Crippen molar-refractivity contribution in [1.82, 2.24) is 9.97 Å². The molecule has 0 aliphatic heterocycles. The fourth-order valence-corrected chi connectivity index (χ4v) is 5.28. The van der Waals surface area contributed by atoms with E-state index in [0.29, 0.717) is 11.8 Å². The zero-order valence-corrected chi connectivity index (χ0v) is 26.3. The van der Waals surface area contributed by atoms with E-state index >= 15 is 0 Å². The average molecular weight is 596 g/mol. The van der Waals surface area contributed by atoms with Gasteiger partial charge < -0.3 is 8.83 Å². The number of hydrogen-bond donors (Lipinski definition) is 0. The summed E-state index contributed by atoms with van der Waals surface area (Å²) in [4.78, 5) is 9.40. The number of halogens is 1. The van der Waals surface area contributed by atoms with Gasteiger partial charge in [-0.1, -0.05) is 33.6 Å². The van der Waals surface area contributed by atoms with Crippen LogP contribution in [0.25, 0.3) is 45.1 Å². The predicted octanol–water partition coefficient (Wildman–Crippen LogP) is 10.5. The molecule has 0 aliphatic rings. The van der Waals surface area contributed by atoms with Crippen molar-refractivity contribution in [3.63, 3.8) is 0 Å². The summed E-state index contributed by atoms with van der Waals surface area (Å²) in [5.41, 5.74) is 17.0. The number of oxazole rings is 2. The Balaban J connectivity index is 0.000000161. The second kappa shape index (κ2) is 10.7. The van der Waals surface area contributed by atoms with Gasteiger partial charge >= 0.3 is 0 Å². The first-order valence-electron chi connectivity index (χ1n) is 13.5. The van der Waals surface area contributed by atoms with Gasteiger partial charge in [-0.05, 0) is 143 Å². The second-order valence-corrected chi connectivity index (χ2v) is 11.7. The number of benzene rings is 4. The minimum atomic E-state index is 0.684. The lowest BCUT2D eigenvalue weighted by molar-refractivity contribution is 0.616. The van der Waals surface area contributed by atoms with Crippen LogP contribution in [0.2, 0.25) is 0 Å². The molecule has 0 unspecified atom stereocenters. The van der Waals surface area contributed by atoms with Crippen molar-refractivity contribution >= 4 is 38.1 Å². The molecule has 0 bridgehead atoms. The Morgan fingerprint density at radius 1 is 0.450 bits per heavy atom. The van der Waals surface area contributed by atoms with Gasteiger partial charge in [0.15, 0.2) is 11.2 Å².